The van der Waals surface area contributed by atoms with Crippen LogP contribution in [0.2, 0.25) is 0 Å². The first-order valence-corrected chi connectivity index (χ1v) is 10.4. The van der Waals surface area contributed by atoms with Gasteiger partial charge in [-0.05, 0) is 41.3 Å². The number of fused-ring (bicyclic) bond motifs is 1. The summed E-state index contributed by atoms with van der Waals surface area (Å²) in [5.41, 5.74) is 7.13. The summed E-state index contributed by atoms with van der Waals surface area (Å²) in [6, 6.07) is 10.3. The van der Waals surface area contributed by atoms with Crippen molar-refractivity contribution in [3.8, 4) is 0 Å². The number of hydrogen-bond donors (Lipinski definition) is 4. The summed E-state index contributed by atoms with van der Waals surface area (Å²) in [6.07, 6.45) is 0. The summed E-state index contributed by atoms with van der Waals surface area (Å²) in [6.45, 7) is 4.97. The van der Waals surface area contributed by atoms with E-state index in [2.05, 4.69) is 15.7 Å². The van der Waals surface area contributed by atoms with Crippen LogP contribution in [0.15, 0.2) is 42.5 Å². The normalized spacial score (nSPS) is 12.5. The maximum Gasteiger partial charge on any atom is 0.273 e. The Bertz CT molecular complexity index is 1140. The van der Waals surface area contributed by atoms with Crippen molar-refractivity contribution in [2.75, 3.05) is 19.3 Å². The van der Waals surface area contributed by atoms with Gasteiger partial charge in [-0.3, -0.25) is 14.3 Å². The van der Waals surface area contributed by atoms with Crippen LogP contribution in [-0.2, 0) is 16.1 Å². The zero-order valence-electron chi connectivity index (χ0n) is 18.8. The van der Waals surface area contributed by atoms with Gasteiger partial charge in [-0.1, -0.05) is 32.9 Å². The standard InChI is InChI=1S/C23H28FN5O4/c1-23(2,3)20(22(32)26-12-33-13-30)27-21(31)19-17-9-6-15(24)10-18(17)29(28-19)11-14-4-7-16(25)8-5-14/h4-10,20,30H,11-13,25H2,1-3H3,(H,26,32)(H,27,31). The Labute approximate surface area is 190 Å². The molecule has 3 rings (SSSR count). The van der Waals surface area contributed by atoms with Crippen molar-refractivity contribution in [2.45, 2.75) is 33.4 Å². The number of amides is 2. The summed E-state index contributed by atoms with van der Waals surface area (Å²) < 4.78 is 20.3. The summed E-state index contributed by atoms with van der Waals surface area (Å²) >= 11 is 0. The predicted molar refractivity (Wildman–Crippen MR) is 122 cm³/mol. The number of anilines is 1. The minimum atomic E-state index is -0.912. The lowest BCUT2D eigenvalue weighted by atomic mass is 9.86. The lowest BCUT2D eigenvalue weighted by Gasteiger charge is -2.30. The van der Waals surface area contributed by atoms with Gasteiger partial charge in [-0.25, -0.2) is 4.39 Å². The lowest BCUT2D eigenvalue weighted by Crippen LogP contribution is -2.54. The van der Waals surface area contributed by atoms with Crippen molar-refractivity contribution in [3.63, 3.8) is 0 Å². The number of ether oxygens (including phenoxy) is 1. The first kappa shape index (κ1) is 24.1. The van der Waals surface area contributed by atoms with Gasteiger partial charge < -0.3 is 26.2 Å². The number of carbonyl (C=O) groups is 2. The van der Waals surface area contributed by atoms with Crippen molar-refractivity contribution >= 4 is 28.4 Å². The summed E-state index contributed by atoms with van der Waals surface area (Å²) in [7, 11) is 0. The Balaban J connectivity index is 1.92. The largest absolute Gasteiger partial charge is 0.399 e. The highest BCUT2D eigenvalue weighted by Crippen LogP contribution is 2.24. The van der Waals surface area contributed by atoms with Gasteiger partial charge in [0.05, 0.1) is 12.1 Å². The fraction of sp³-hybridized carbons (Fsp3) is 0.348. The lowest BCUT2D eigenvalue weighted by molar-refractivity contribution is -0.128. The number of carbonyl (C=O) groups excluding carboxylic acids is 2. The molecule has 1 heterocycles. The molecule has 176 valence electrons. The topological polar surface area (TPSA) is 132 Å². The van der Waals surface area contributed by atoms with Crippen LogP contribution in [0.3, 0.4) is 0 Å². The van der Waals surface area contributed by atoms with Crippen molar-refractivity contribution in [3.05, 3.63) is 59.5 Å². The van der Waals surface area contributed by atoms with Crippen LogP contribution in [0.1, 0.15) is 36.8 Å². The molecule has 1 atom stereocenters. The van der Waals surface area contributed by atoms with E-state index in [0.29, 0.717) is 23.1 Å². The minimum absolute atomic E-state index is 0.0779. The molecule has 0 bridgehead atoms. The molecule has 0 spiro atoms. The number of benzene rings is 2. The SMILES string of the molecule is CC(C)(C)C(NC(=O)c1nn(Cc2ccc(N)cc2)c2cc(F)ccc12)C(=O)NCOCO. The maximum absolute atomic E-state index is 14.0. The third-order valence-electron chi connectivity index (χ3n) is 5.08. The fourth-order valence-corrected chi connectivity index (χ4v) is 3.38. The molecular weight excluding hydrogens is 429 g/mol. The third-order valence-corrected chi connectivity index (χ3v) is 5.08. The van der Waals surface area contributed by atoms with Crippen LogP contribution in [0.5, 0.6) is 0 Å². The molecule has 33 heavy (non-hydrogen) atoms. The fourth-order valence-electron chi connectivity index (χ4n) is 3.38. The summed E-state index contributed by atoms with van der Waals surface area (Å²) in [5.74, 6) is -1.49. The van der Waals surface area contributed by atoms with Crippen LogP contribution in [0, 0.1) is 11.2 Å². The predicted octanol–water partition coefficient (Wildman–Crippen LogP) is 1.99. The molecule has 1 unspecified atom stereocenters. The van der Waals surface area contributed by atoms with E-state index in [1.807, 2.05) is 12.1 Å². The molecule has 10 heteroatoms. The van der Waals surface area contributed by atoms with E-state index in [4.69, 9.17) is 15.6 Å². The van der Waals surface area contributed by atoms with Gasteiger partial charge in [-0.2, -0.15) is 5.10 Å². The van der Waals surface area contributed by atoms with Crippen LogP contribution >= 0.6 is 0 Å². The molecule has 3 aromatic rings. The second-order valence-corrected chi connectivity index (χ2v) is 8.70. The van der Waals surface area contributed by atoms with E-state index in [1.54, 1.807) is 37.6 Å². The van der Waals surface area contributed by atoms with E-state index in [1.165, 1.54) is 18.2 Å². The number of rotatable bonds is 8. The molecular formula is C23H28FN5O4. The molecule has 0 fully saturated rings. The zero-order valence-corrected chi connectivity index (χ0v) is 18.8. The van der Waals surface area contributed by atoms with E-state index in [-0.39, 0.29) is 12.4 Å². The van der Waals surface area contributed by atoms with E-state index < -0.39 is 35.9 Å². The number of nitrogen functional groups attached to an aromatic ring is 1. The third kappa shape index (κ3) is 5.85. The van der Waals surface area contributed by atoms with Crippen LogP contribution < -0.4 is 16.4 Å². The number of aliphatic hydroxyl groups is 1. The number of nitrogens with two attached hydrogens (primary N) is 1. The zero-order chi connectivity index (χ0) is 24.2. The van der Waals surface area contributed by atoms with Crippen LogP contribution in [0.25, 0.3) is 10.9 Å². The number of nitrogens with one attached hydrogen (secondary N) is 2. The second kappa shape index (κ2) is 9.97. The molecule has 1 aromatic heterocycles. The summed E-state index contributed by atoms with van der Waals surface area (Å²) in [4.78, 5) is 25.8. The number of nitrogens with zero attached hydrogens (tertiary/aromatic N) is 2. The van der Waals surface area contributed by atoms with Crippen molar-refractivity contribution in [1.29, 1.82) is 0 Å². The van der Waals surface area contributed by atoms with E-state index >= 15 is 0 Å². The summed E-state index contributed by atoms with van der Waals surface area (Å²) in [5, 5.41) is 18.9. The number of aliphatic hydroxyl groups excluding tert-OH is 1. The molecule has 0 saturated heterocycles. The van der Waals surface area contributed by atoms with E-state index in [9.17, 15) is 14.0 Å². The van der Waals surface area contributed by atoms with Crippen LogP contribution in [0.4, 0.5) is 10.1 Å². The quantitative estimate of drug-likeness (QED) is 0.232. The Hall–Kier alpha value is -3.50. The Morgan fingerprint density at radius 1 is 1.21 bits per heavy atom. The Kier molecular flexibility index (Phi) is 7.29. The Morgan fingerprint density at radius 2 is 1.91 bits per heavy atom. The number of aromatic nitrogens is 2. The molecule has 2 aromatic carbocycles. The highest BCUT2D eigenvalue weighted by molar-refractivity contribution is 6.06. The average molecular weight is 458 g/mol. The second-order valence-electron chi connectivity index (χ2n) is 8.70. The van der Waals surface area contributed by atoms with Gasteiger partial charge in [0, 0.05) is 11.1 Å². The smallest absolute Gasteiger partial charge is 0.273 e. The molecule has 0 saturated carbocycles. The van der Waals surface area contributed by atoms with Crippen LogP contribution in [-0.4, -0.2) is 46.3 Å². The molecule has 0 aliphatic heterocycles. The first-order chi connectivity index (χ1) is 15.6. The maximum atomic E-state index is 14.0. The van der Waals surface area contributed by atoms with Gasteiger partial charge in [0.2, 0.25) is 5.91 Å². The van der Waals surface area contributed by atoms with Gasteiger partial charge in [-0.15, -0.1) is 0 Å². The van der Waals surface area contributed by atoms with Crippen molar-refractivity contribution < 1.29 is 23.8 Å². The minimum Gasteiger partial charge on any atom is -0.399 e. The molecule has 0 radical (unpaired) electrons. The van der Waals surface area contributed by atoms with Gasteiger partial charge in [0.15, 0.2) is 5.69 Å². The molecule has 0 aliphatic carbocycles. The van der Waals surface area contributed by atoms with Crippen molar-refractivity contribution in [1.82, 2.24) is 20.4 Å². The Morgan fingerprint density at radius 3 is 2.55 bits per heavy atom. The number of hydrogen-bond acceptors (Lipinski definition) is 6. The molecule has 5 N–H and O–H groups in total. The average Bonchev–Trinajstić information content (AvgIpc) is 3.10. The molecule has 2 amide bonds. The van der Waals surface area contributed by atoms with Gasteiger partial charge in [0.25, 0.3) is 5.91 Å². The number of halogens is 1. The highest BCUT2D eigenvalue weighted by atomic mass is 19.1. The van der Waals surface area contributed by atoms with E-state index in [0.717, 1.165) is 5.56 Å². The van der Waals surface area contributed by atoms with Gasteiger partial charge >= 0.3 is 0 Å². The highest BCUT2D eigenvalue weighted by Gasteiger charge is 2.34. The van der Waals surface area contributed by atoms with Gasteiger partial charge in [0.1, 0.15) is 25.4 Å². The molecule has 9 nitrogen and oxygen atoms in total. The van der Waals surface area contributed by atoms with Crippen molar-refractivity contribution in [2.24, 2.45) is 5.41 Å². The first-order valence-electron chi connectivity index (χ1n) is 10.4. The molecule has 0 aliphatic rings. The monoisotopic (exact) mass is 457 g/mol.